The zero-order valence-corrected chi connectivity index (χ0v) is 44.3. The van der Waals surface area contributed by atoms with Crippen molar-refractivity contribution in [2.24, 2.45) is 0 Å². The molecule has 0 atom stereocenters. The number of aryl methyl sites for hydroxylation is 2. The van der Waals surface area contributed by atoms with Gasteiger partial charge in [-0.15, -0.1) is 0 Å². The number of nitrogens with one attached hydrogen (secondary N) is 7. The highest BCUT2D eigenvalue weighted by Crippen LogP contribution is 2.31. The number of H-pyrrole nitrogens is 2. The highest BCUT2D eigenvalue weighted by atomic mass is 35.5. The van der Waals surface area contributed by atoms with Gasteiger partial charge in [0, 0.05) is 109 Å². The Labute approximate surface area is 429 Å². The number of carbonyl (C=O) groups excluding carboxylic acids is 2. The summed E-state index contributed by atoms with van der Waals surface area (Å²) in [5.74, 6) is 3.46. The molecule has 0 aliphatic carbocycles. The second kappa shape index (κ2) is 25.3. The van der Waals surface area contributed by atoms with Gasteiger partial charge in [-0.05, 0) is 142 Å². The molecule has 20 nitrogen and oxygen atoms in total. The van der Waals surface area contributed by atoms with Crippen LogP contribution in [0.2, 0.25) is 5.15 Å². The third-order valence-electron chi connectivity index (χ3n) is 9.88. The number of benzene rings is 2. The second-order valence-electron chi connectivity index (χ2n) is 18.7. The minimum Gasteiger partial charge on any atom is -0.444 e. The van der Waals surface area contributed by atoms with Crippen molar-refractivity contribution < 1.29 is 19.1 Å². The SMILES string of the molecule is CN1CCNCC1.Cc1cc(Nc2cc(Cl)nc(Sc3ccc(NC(=O)OC(C)(C)C)cc3)n2)n[nH]1.Cc1cc(Nc2cc(N3CCN(C)CC3)nc(Sc3ccc(NC(=O)OC(C)(C)C)cc3)n2)n[nH]1. The molecule has 0 unspecified atom stereocenters. The van der Waals surface area contributed by atoms with Gasteiger partial charge in [0.15, 0.2) is 21.9 Å². The molecule has 7 N–H and O–H groups in total. The van der Waals surface area contributed by atoms with Gasteiger partial charge in [0.1, 0.15) is 33.8 Å². The third kappa shape index (κ3) is 19.5. The fourth-order valence-electron chi connectivity index (χ4n) is 6.50. The molecule has 0 radical (unpaired) electrons. The number of carbonyl (C=O) groups is 2. The fourth-order valence-corrected chi connectivity index (χ4v) is 8.27. The molecule has 8 rings (SSSR count). The number of ether oxygens (including phenoxy) is 2. The van der Waals surface area contributed by atoms with Gasteiger partial charge >= 0.3 is 12.2 Å². The van der Waals surface area contributed by atoms with E-state index in [0.717, 1.165) is 66.3 Å². The number of amides is 2. The predicted molar refractivity (Wildman–Crippen MR) is 283 cm³/mol. The maximum absolute atomic E-state index is 12.0. The van der Waals surface area contributed by atoms with E-state index in [0.29, 0.717) is 50.1 Å². The van der Waals surface area contributed by atoms with Gasteiger partial charge in [0.2, 0.25) is 0 Å². The van der Waals surface area contributed by atoms with Crippen molar-refractivity contribution in [1.29, 1.82) is 0 Å². The van der Waals surface area contributed by atoms with E-state index in [1.165, 1.54) is 36.6 Å². The third-order valence-corrected chi connectivity index (χ3v) is 11.8. The van der Waals surface area contributed by atoms with Gasteiger partial charge in [-0.25, -0.2) is 29.5 Å². The van der Waals surface area contributed by atoms with Crippen LogP contribution in [0.25, 0.3) is 0 Å². The highest BCUT2D eigenvalue weighted by Gasteiger charge is 2.20. The molecule has 0 spiro atoms. The van der Waals surface area contributed by atoms with E-state index in [1.807, 2.05) is 110 Å². The Kier molecular flexibility index (Phi) is 19.3. The van der Waals surface area contributed by atoms with Crippen molar-refractivity contribution in [3.05, 3.63) is 89.3 Å². The molecular formula is C48H65ClN16O4S2. The first kappa shape index (κ1) is 54.2. The number of halogens is 1. The maximum atomic E-state index is 12.0. The molecule has 2 aromatic carbocycles. The molecule has 71 heavy (non-hydrogen) atoms. The first-order valence-electron chi connectivity index (χ1n) is 23.1. The lowest BCUT2D eigenvalue weighted by molar-refractivity contribution is 0.0624. The van der Waals surface area contributed by atoms with E-state index in [4.69, 9.17) is 31.0 Å². The Morgan fingerprint density at radius 2 is 1.03 bits per heavy atom. The molecule has 0 bridgehead atoms. The number of hydrogen-bond acceptors (Lipinski definition) is 18. The molecule has 0 saturated carbocycles. The Morgan fingerprint density at radius 3 is 1.44 bits per heavy atom. The van der Waals surface area contributed by atoms with Gasteiger partial charge in [0.25, 0.3) is 0 Å². The number of anilines is 7. The maximum Gasteiger partial charge on any atom is 0.412 e. The van der Waals surface area contributed by atoms with Crippen molar-refractivity contribution in [3.63, 3.8) is 0 Å². The molecule has 2 aliphatic heterocycles. The minimum atomic E-state index is -0.551. The zero-order valence-electron chi connectivity index (χ0n) is 41.9. The Balaban J connectivity index is 0.000000207. The number of aromatic nitrogens is 8. The highest BCUT2D eigenvalue weighted by molar-refractivity contribution is 7.99. The number of hydrogen-bond donors (Lipinski definition) is 7. The topological polar surface area (TPSA) is 231 Å². The summed E-state index contributed by atoms with van der Waals surface area (Å²) in [6.07, 6.45) is -0.981. The van der Waals surface area contributed by atoms with E-state index < -0.39 is 23.4 Å². The summed E-state index contributed by atoms with van der Waals surface area (Å²) in [7, 11) is 4.29. The van der Waals surface area contributed by atoms with Crippen LogP contribution in [0.15, 0.2) is 92.9 Å². The monoisotopic (exact) mass is 1030 g/mol. The Bertz CT molecular complexity index is 2640. The average Bonchev–Trinajstić information content (AvgIpc) is 3.90. The van der Waals surface area contributed by atoms with Crippen molar-refractivity contribution in [2.45, 2.75) is 86.7 Å². The van der Waals surface area contributed by atoms with Crippen molar-refractivity contribution in [3.8, 4) is 0 Å². The summed E-state index contributed by atoms with van der Waals surface area (Å²) in [6.45, 7) is 23.3. The van der Waals surface area contributed by atoms with E-state index in [2.05, 4.69) is 85.7 Å². The van der Waals surface area contributed by atoms with Crippen LogP contribution in [0, 0.1) is 13.8 Å². The van der Waals surface area contributed by atoms with E-state index in [9.17, 15) is 9.59 Å². The molecule has 4 aromatic heterocycles. The first-order valence-corrected chi connectivity index (χ1v) is 25.1. The van der Waals surface area contributed by atoms with Gasteiger partial charge in [-0.2, -0.15) is 10.2 Å². The van der Waals surface area contributed by atoms with Crippen molar-refractivity contribution in [1.82, 2.24) is 55.4 Å². The molecule has 380 valence electrons. The van der Waals surface area contributed by atoms with Crippen LogP contribution >= 0.6 is 35.1 Å². The molecule has 6 aromatic rings. The quantitative estimate of drug-likeness (QED) is 0.0473. The average molecular weight is 1030 g/mol. The Morgan fingerprint density at radius 1 is 0.592 bits per heavy atom. The van der Waals surface area contributed by atoms with E-state index in [-0.39, 0.29) is 0 Å². The largest absolute Gasteiger partial charge is 0.444 e. The first-order chi connectivity index (χ1) is 33.7. The minimum absolute atomic E-state index is 0.320. The lowest BCUT2D eigenvalue weighted by Gasteiger charge is -2.33. The molecular weight excluding hydrogens is 964 g/mol. The Hall–Kier alpha value is -6.17. The number of aromatic amines is 2. The molecule has 6 heterocycles. The van der Waals surface area contributed by atoms with Crippen LogP contribution in [0.1, 0.15) is 52.9 Å². The standard InChI is InChI=1S/C24H32N8O2S.C19H21ClN6O2S.C5H12N2/c1-16-14-20(30-29-16)26-19-15-21(32-12-10-31(5)11-13-32)28-22(27-19)35-18-8-6-17(7-9-18)25-23(33)34-24(2,3)4;1-11-9-16(26-25-11)23-15-10-14(20)22-17(24-15)29-13-7-5-12(6-8-13)21-18(27)28-19(2,3)4;1-7-4-2-6-3-5-7/h6-9,14-15H,10-13H2,1-5H3,(H,25,33)(H2,26,27,28,29,30);5-10H,1-4H3,(H,21,27)(H2,22,23,24,25,26);6H,2-5H2,1H3. The summed E-state index contributed by atoms with van der Waals surface area (Å²) < 4.78 is 10.6. The number of piperazine rings is 2. The van der Waals surface area contributed by atoms with Crippen LogP contribution in [0.4, 0.5) is 50.1 Å². The molecule has 23 heteroatoms. The van der Waals surface area contributed by atoms with Crippen molar-refractivity contribution >= 4 is 87.8 Å². The molecule has 2 saturated heterocycles. The smallest absolute Gasteiger partial charge is 0.412 e. The number of rotatable bonds is 11. The van der Waals surface area contributed by atoms with E-state index in [1.54, 1.807) is 18.2 Å². The lowest BCUT2D eigenvalue weighted by atomic mass is 10.2. The van der Waals surface area contributed by atoms with Gasteiger partial charge in [0.05, 0.1) is 0 Å². The van der Waals surface area contributed by atoms with Crippen LogP contribution in [0.5, 0.6) is 0 Å². The lowest BCUT2D eigenvalue weighted by Crippen LogP contribution is -2.44. The molecule has 2 amide bonds. The van der Waals surface area contributed by atoms with E-state index >= 15 is 0 Å². The fraction of sp³-hybridized carbons (Fsp3) is 0.417. The van der Waals surface area contributed by atoms with Crippen LogP contribution in [0.3, 0.4) is 0 Å². The molecule has 2 fully saturated rings. The van der Waals surface area contributed by atoms with Gasteiger partial charge in [-0.3, -0.25) is 20.8 Å². The molecule has 2 aliphatic rings. The summed E-state index contributed by atoms with van der Waals surface area (Å²) in [6, 6.07) is 22.2. The van der Waals surface area contributed by atoms with Gasteiger partial charge < -0.3 is 40.1 Å². The van der Waals surface area contributed by atoms with Crippen LogP contribution in [-0.4, -0.2) is 140 Å². The second-order valence-corrected chi connectivity index (χ2v) is 21.2. The normalized spacial score (nSPS) is 14.3. The summed E-state index contributed by atoms with van der Waals surface area (Å²) in [5, 5.41) is 30.7. The summed E-state index contributed by atoms with van der Waals surface area (Å²) in [5.41, 5.74) is 2.09. The summed E-state index contributed by atoms with van der Waals surface area (Å²) >= 11 is 8.94. The number of nitrogens with zero attached hydrogens (tertiary/aromatic N) is 9. The van der Waals surface area contributed by atoms with Crippen molar-refractivity contribution in [2.75, 3.05) is 92.6 Å². The van der Waals surface area contributed by atoms with Crippen LogP contribution < -0.4 is 31.5 Å². The number of likely N-dealkylation sites (N-methyl/N-ethyl adjacent to an activating group) is 2. The van der Waals surface area contributed by atoms with Gasteiger partial charge in [-0.1, -0.05) is 11.6 Å². The zero-order chi connectivity index (χ0) is 51.1. The van der Waals surface area contributed by atoms with Crippen LogP contribution in [-0.2, 0) is 9.47 Å². The summed E-state index contributed by atoms with van der Waals surface area (Å²) in [4.78, 5) is 50.9. The predicted octanol–water partition coefficient (Wildman–Crippen LogP) is 9.43.